The number of benzene rings is 4. The van der Waals surface area contributed by atoms with Gasteiger partial charge in [0.05, 0.1) is 6.04 Å². The zero-order valence-corrected chi connectivity index (χ0v) is 20.2. The van der Waals surface area contributed by atoms with E-state index in [4.69, 9.17) is 4.74 Å². The second kappa shape index (κ2) is 9.78. The molecule has 0 unspecified atom stereocenters. The molecule has 1 atom stereocenters. The number of fused-ring (bicyclic) bond motifs is 4. The lowest BCUT2D eigenvalue weighted by molar-refractivity contribution is 0.0920. The Hall–Kier alpha value is -4.64. The number of rotatable bonds is 7. The zero-order chi connectivity index (χ0) is 25.2. The summed E-state index contributed by atoms with van der Waals surface area (Å²) in [7, 11) is 0. The molecule has 6 rings (SSSR count). The van der Waals surface area contributed by atoms with Gasteiger partial charge in [-0.25, -0.2) is 4.79 Å². The third kappa shape index (κ3) is 4.40. The summed E-state index contributed by atoms with van der Waals surface area (Å²) in [5.41, 5.74) is 7.02. The maximum absolute atomic E-state index is 13.7. The number of carbonyl (C=O) groups excluding carboxylic acids is 2. The van der Waals surface area contributed by atoms with Crippen LogP contribution in [0.3, 0.4) is 0 Å². The van der Waals surface area contributed by atoms with Crippen LogP contribution in [0.5, 0.6) is 0 Å². The average molecular weight is 487 g/mol. The molecule has 0 bridgehead atoms. The number of aromatic nitrogens is 1. The van der Waals surface area contributed by atoms with Crippen molar-refractivity contribution in [3.8, 4) is 11.1 Å². The standard InChI is InChI=1S/C32H26N2O3/c35-31(27-19-33-29-17-9-8-16-26(27)29)30(18-21-10-2-1-3-11-21)34-32(36)37-20-28-24-14-6-4-12-22(24)23-13-5-7-15-25(23)28/h1-17,19,28,30,33H,18,20H2,(H,34,36)/t30-/m0/s1. The van der Waals surface area contributed by atoms with Crippen LogP contribution >= 0.6 is 0 Å². The molecule has 182 valence electrons. The molecular weight excluding hydrogens is 460 g/mol. The summed E-state index contributed by atoms with van der Waals surface area (Å²) in [6.45, 7) is 0.194. The van der Waals surface area contributed by atoms with Crippen LogP contribution < -0.4 is 5.32 Å². The molecule has 37 heavy (non-hydrogen) atoms. The summed E-state index contributed by atoms with van der Waals surface area (Å²) in [6.07, 6.45) is 1.48. The SMILES string of the molecule is O=C(N[C@@H](Cc1ccccc1)C(=O)c1c[nH]c2ccccc12)OCC1c2ccccc2-c2ccccc21. The first-order valence-corrected chi connectivity index (χ1v) is 12.4. The number of ether oxygens (including phenoxy) is 1. The largest absolute Gasteiger partial charge is 0.449 e. The predicted octanol–water partition coefficient (Wildman–Crippen LogP) is 6.50. The van der Waals surface area contributed by atoms with E-state index in [-0.39, 0.29) is 18.3 Å². The molecule has 2 N–H and O–H groups in total. The van der Waals surface area contributed by atoms with E-state index >= 15 is 0 Å². The number of carbonyl (C=O) groups is 2. The number of aromatic amines is 1. The number of hydrogen-bond donors (Lipinski definition) is 2. The van der Waals surface area contributed by atoms with Gasteiger partial charge in [0.15, 0.2) is 5.78 Å². The van der Waals surface area contributed by atoms with Crippen LogP contribution in [0.1, 0.15) is 33.0 Å². The van der Waals surface area contributed by atoms with Gasteiger partial charge in [0.25, 0.3) is 0 Å². The van der Waals surface area contributed by atoms with Gasteiger partial charge in [-0.2, -0.15) is 0 Å². The van der Waals surface area contributed by atoms with E-state index in [1.807, 2.05) is 78.9 Å². The number of amides is 1. The fraction of sp³-hybridized carbons (Fsp3) is 0.125. The summed E-state index contributed by atoms with van der Waals surface area (Å²) >= 11 is 0. The molecule has 1 aromatic heterocycles. The number of ketones is 1. The second-order valence-corrected chi connectivity index (χ2v) is 9.32. The maximum atomic E-state index is 13.7. The zero-order valence-electron chi connectivity index (χ0n) is 20.2. The first kappa shape index (κ1) is 22.8. The van der Waals surface area contributed by atoms with Crippen LogP contribution in [0.15, 0.2) is 109 Å². The van der Waals surface area contributed by atoms with Gasteiger partial charge in [0.2, 0.25) is 0 Å². The average Bonchev–Trinajstić information content (AvgIpc) is 3.51. The molecule has 0 saturated carbocycles. The molecule has 0 saturated heterocycles. The van der Waals surface area contributed by atoms with Crippen molar-refractivity contribution in [3.05, 3.63) is 132 Å². The molecule has 0 aliphatic heterocycles. The molecule has 5 nitrogen and oxygen atoms in total. The first-order valence-electron chi connectivity index (χ1n) is 12.4. The van der Waals surface area contributed by atoms with Crippen molar-refractivity contribution >= 4 is 22.8 Å². The third-order valence-corrected chi connectivity index (χ3v) is 7.09. The third-order valence-electron chi connectivity index (χ3n) is 7.09. The van der Waals surface area contributed by atoms with E-state index in [9.17, 15) is 9.59 Å². The summed E-state index contributed by atoms with van der Waals surface area (Å²) < 4.78 is 5.75. The lowest BCUT2D eigenvalue weighted by Crippen LogP contribution is -2.43. The number of hydrogen-bond acceptors (Lipinski definition) is 3. The minimum absolute atomic E-state index is 0.0463. The van der Waals surface area contributed by atoms with Gasteiger partial charge in [0, 0.05) is 35.0 Å². The van der Waals surface area contributed by atoms with Crippen LogP contribution in [0.25, 0.3) is 22.0 Å². The molecule has 1 heterocycles. The summed E-state index contributed by atoms with van der Waals surface area (Å²) in [4.78, 5) is 29.9. The Morgan fingerprint density at radius 2 is 1.41 bits per heavy atom. The van der Waals surface area contributed by atoms with E-state index in [1.165, 1.54) is 11.1 Å². The highest BCUT2D eigenvalue weighted by Gasteiger charge is 2.30. The predicted molar refractivity (Wildman–Crippen MR) is 145 cm³/mol. The summed E-state index contributed by atoms with van der Waals surface area (Å²) in [5, 5.41) is 3.70. The second-order valence-electron chi connectivity index (χ2n) is 9.32. The highest BCUT2D eigenvalue weighted by molar-refractivity contribution is 6.11. The fourth-order valence-electron chi connectivity index (χ4n) is 5.30. The van der Waals surface area contributed by atoms with Crippen LogP contribution in [0, 0.1) is 0 Å². The minimum Gasteiger partial charge on any atom is -0.449 e. The van der Waals surface area contributed by atoms with Crippen molar-refractivity contribution in [2.24, 2.45) is 0 Å². The Bertz CT molecular complexity index is 1540. The van der Waals surface area contributed by atoms with Crippen molar-refractivity contribution in [2.75, 3.05) is 6.61 Å². The quantitative estimate of drug-likeness (QED) is 0.258. The minimum atomic E-state index is -0.766. The highest BCUT2D eigenvalue weighted by Crippen LogP contribution is 2.44. The lowest BCUT2D eigenvalue weighted by Gasteiger charge is -2.19. The van der Waals surface area contributed by atoms with Crippen molar-refractivity contribution in [2.45, 2.75) is 18.4 Å². The van der Waals surface area contributed by atoms with Gasteiger partial charge in [-0.1, -0.05) is 97.1 Å². The Balaban J connectivity index is 1.22. The van der Waals surface area contributed by atoms with Crippen molar-refractivity contribution in [1.29, 1.82) is 0 Å². The lowest BCUT2D eigenvalue weighted by atomic mass is 9.97. The maximum Gasteiger partial charge on any atom is 0.407 e. The summed E-state index contributed by atoms with van der Waals surface area (Å²) in [6, 6.07) is 33.0. The van der Waals surface area contributed by atoms with Crippen LogP contribution in [0.4, 0.5) is 4.79 Å². The highest BCUT2D eigenvalue weighted by atomic mass is 16.5. The molecule has 1 aliphatic carbocycles. The van der Waals surface area contributed by atoms with Crippen molar-refractivity contribution in [3.63, 3.8) is 0 Å². The molecule has 0 fully saturated rings. The Morgan fingerprint density at radius 3 is 2.14 bits per heavy atom. The number of Topliss-reactive ketones (excluding diaryl/α,β-unsaturated/α-hetero) is 1. The van der Waals surface area contributed by atoms with E-state index < -0.39 is 12.1 Å². The van der Waals surface area contributed by atoms with Crippen molar-refractivity contribution in [1.82, 2.24) is 10.3 Å². The van der Waals surface area contributed by atoms with Gasteiger partial charge in [-0.15, -0.1) is 0 Å². The van der Waals surface area contributed by atoms with Crippen molar-refractivity contribution < 1.29 is 14.3 Å². The van der Waals surface area contributed by atoms with Gasteiger partial charge < -0.3 is 15.0 Å². The molecule has 5 heteroatoms. The van der Waals surface area contributed by atoms with Crippen LogP contribution in [0.2, 0.25) is 0 Å². The monoisotopic (exact) mass is 486 g/mol. The molecule has 5 aromatic rings. The number of para-hydroxylation sites is 1. The van der Waals surface area contributed by atoms with Crippen LogP contribution in [-0.2, 0) is 11.2 Å². The van der Waals surface area contributed by atoms with Gasteiger partial charge in [-0.05, 0) is 33.9 Å². The molecule has 0 spiro atoms. The number of H-pyrrole nitrogens is 1. The first-order chi connectivity index (χ1) is 18.2. The number of nitrogens with one attached hydrogen (secondary N) is 2. The Labute approximate surface area is 215 Å². The van der Waals surface area contributed by atoms with E-state index in [0.717, 1.165) is 27.6 Å². The molecular formula is C32H26N2O3. The Morgan fingerprint density at radius 1 is 0.784 bits per heavy atom. The molecule has 4 aromatic carbocycles. The van der Waals surface area contributed by atoms with Gasteiger partial charge in [0.1, 0.15) is 6.61 Å². The normalized spacial score (nSPS) is 13.1. The Kier molecular flexibility index (Phi) is 6.03. The number of alkyl carbamates (subject to hydrolysis) is 1. The van der Waals surface area contributed by atoms with Crippen LogP contribution in [-0.4, -0.2) is 29.5 Å². The smallest absolute Gasteiger partial charge is 0.407 e. The molecule has 1 aliphatic rings. The molecule has 1 amide bonds. The topological polar surface area (TPSA) is 71.2 Å². The van der Waals surface area contributed by atoms with Gasteiger partial charge in [-0.3, -0.25) is 4.79 Å². The fourth-order valence-corrected chi connectivity index (χ4v) is 5.30. The van der Waals surface area contributed by atoms with E-state index in [2.05, 4.69) is 34.6 Å². The van der Waals surface area contributed by atoms with Gasteiger partial charge >= 0.3 is 6.09 Å². The van der Waals surface area contributed by atoms with E-state index in [0.29, 0.717) is 12.0 Å². The molecule has 0 radical (unpaired) electrons. The van der Waals surface area contributed by atoms with E-state index in [1.54, 1.807) is 6.20 Å². The summed E-state index contributed by atoms with van der Waals surface area (Å²) in [5.74, 6) is -0.204.